The third-order valence-electron chi connectivity index (χ3n) is 6.32. The molecule has 9 heteroatoms. The summed E-state index contributed by atoms with van der Waals surface area (Å²) < 4.78 is 41.7. The summed E-state index contributed by atoms with van der Waals surface area (Å²) in [5.74, 6) is 0.132. The molecule has 0 N–H and O–H groups in total. The summed E-state index contributed by atoms with van der Waals surface area (Å²) in [5.41, 5.74) is 2.34. The first kappa shape index (κ1) is 19.8. The molecule has 1 aliphatic heterocycles. The van der Waals surface area contributed by atoms with Gasteiger partial charge >= 0.3 is 6.18 Å². The van der Waals surface area contributed by atoms with Crippen molar-refractivity contribution in [2.24, 2.45) is 5.92 Å². The fourth-order valence-electron chi connectivity index (χ4n) is 4.60. The minimum atomic E-state index is -4.51. The number of alkyl halides is 3. The van der Waals surface area contributed by atoms with Crippen LogP contribution >= 0.6 is 0 Å². The van der Waals surface area contributed by atoms with Crippen LogP contribution < -0.4 is 0 Å². The van der Waals surface area contributed by atoms with Gasteiger partial charge in [0.05, 0.1) is 17.3 Å². The lowest BCUT2D eigenvalue weighted by Gasteiger charge is -2.38. The number of carbonyl (C=O) groups is 1. The number of fused-ring (bicyclic) bond motifs is 3. The molecule has 3 aromatic heterocycles. The van der Waals surface area contributed by atoms with Gasteiger partial charge in [-0.1, -0.05) is 19.1 Å². The second kappa shape index (κ2) is 7.25. The number of likely N-dealkylation sites (tertiary alicyclic amines) is 1. The van der Waals surface area contributed by atoms with Gasteiger partial charge in [-0.05, 0) is 24.5 Å². The molecule has 0 aromatic carbocycles. The van der Waals surface area contributed by atoms with Gasteiger partial charge in [0.15, 0.2) is 5.69 Å². The normalized spacial score (nSPS) is 21.1. The molecular formula is C22H22F3N5O. The maximum Gasteiger partial charge on any atom is 0.435 e. The molecule has 6 nitrogen and oxygen atoms in total. The highest BCUT2D eigenvalue weighted by molar-refractivity contribution is 5.90. The standard InChI is InChI=1S/C22H22F3N5O/c1-14-5-8-28(20(31)13-29-9-7-19(27-29)22(23,24)25)12-18(14)30-10-6-15-11-26-17-4-2-3-16(17)21(15)30/h2-3,6-7,9-11,14,18H,4-5,8,12-13H2,1H3/t14-,18+/m1/s1. The van der Waals surface area contributed by atoms with Crippen molar-refractivity contribution in [3.8, 4) is 0 Å². The minimum absolute atomic E-state index is 0.0825. The zero-order valence-electron chi connectivity index (χ0n) is 17.0. The largest absolute Gasteiger partial charge is 0.435 e. The molecule has 162 valence electrons. The van der Waals surface area contributed by atoms with Gasteiger partial charge in [0.1, 0.15) is 6.54 Å². The average molecular weight is 429 g/mol. The van der Waals surface area contributed by atoms with Crippen molar-refractivity contribution < 1.29 is 18.0 Å². The van der Waals surface area contributed by atoms with E-state index >= 15 is 0 Å². The van der Waals surface area contributed by atoms with Gasteiger partial charge in [-0.15, -0.1) is 0 Å². The van der Waals surface area contributed by atoms with Crippen LogP contribution in [0.1, 0.15) is 36.3 Å². The number of allylic oxidation sites excluding steroid dienone is 1. The van der Waals surface area contributed by atoms with Gasteiger partial charge in [0, 0.05) is 49.1 Å². The second-order valence-corrected chi connectivity index (χ2v) is 8.32. The fourth-order valence-corrected chi connectivity index (χ4v) is 4.60. The van der Waals surface area contributed by atoms with Crippen LogP contribution in [-0.4, -0.2) is 43.2 Å². The Kier molecular flexibility index (Phi) is 4.64. The van der Waals surface area contributed by atoms with Crippen molar-refractivity contribution in [3.05, 3.63) is 53.8 Å². The molecule has 2 aliphatic rings. The van der Waals surface area contributed by atoms with Crippen LogP contribution in [0.5, 0.6) is 0 Å². The Morgan fingerprint density at radius 2 is 2.10 bits per heavy atom. The summed E-state index contributed by atoms with van der Waals surface area (Å²) in [7, 11) is 0. The molecule has 0 unspecified atom stereocenters. The summed E-state index contributed by atoms with van der Waals surface area (Å²) in [6, 6.07) is 3.02. The lowest BCUT2D eigenvalue weighted by atomic mass is 9.92. The quantitative estimate of drug-likeness (QED) is 0.634. The van der Waals surface area contributed by atoms with Crippen molar-refractivity contribution in [1.82, 2.24) is 24.2 Å². The van der Waals surface area contributed by atoms with Crippen molar-refractivity contribution in [2.75, 3.05) is 13.1 Å². The highest BCUT2D eigenvalue weighted by Crippen LogP contribution is 2.35. The van der Waals surface area contributed by atoms with Gasteiger partial charge in [-0.3, -0.25) is 14.5 Å². The topological polar surface area (TPSA) is 56.0 Å². The number of hydrogen-bond acceptors (Lipinski definition) is 3. The molecule has 4 heterocycles. The van der Waals surface area contributed by atoms with E-state index in [1.54, 1.807) is 4.90 Å². The van der Waals surface area contributed by atoms with E-state index in [2.05, 4.69) is 39.9 Å². The van der Waals surface area contributed by atoms with Crippen LogP contribution in [-0.2, 0) is 23.9 Å². The zero-order valence-corrected chi connectivity index (χ0v) is 17.0. The highest BCUT2D eigenvalue weighted by atomic mass is 19.4. The van der Waals surface area contributed by atoms with Crippen molar-refractivity contribution in [2.45, 2.75) is 38.5 Å². The van der Waals surface area contributed by atoms with E-state index in [1.165, 1.54) is 6.20 Å². The lowest BCUT2D eigenvalue weighted by molar-refractivity contribution is -0.142. The number of pyridine rings is 1. The third-order valence-corrected chi connectivity index (χ3v) is 6.32. The van der Waals surface area contributed by atoms with Crippen LogP contribution in [0.4, 0.5) is 13.2 Å². The predicted octanol–water partition coefficient (Wildman–Crippen LogP) is 3.93. The molecule has 2 atom stereocenters. The van der Waals surface area contributed by atoms with Crippen LogP contribution in [0.15, 0.2) is 36.8 Å². The van der Waals surface area contributed by atoms with E-state index in [9.17, 15) is 18.0 Å². The first-order valence-corrected chi connectivity index (χ1v) is 10.3. The predicted molar refractivity (Wildman–Crippen MR) is 109 cm³/mol. The number of amides is 1. The number of rotatable bonds is 3. The molecule has 0 saturated carbocycles. The number of carbonyl (C=O) groups excluding carboxylic acids is 1. The van der Waals surface area contributed by atoms with Crippen LogP contribution in [0.25, 0.3) is 17.0 Å². The smallest absolute Gasteiger partial charge is 0.342 e. The minimum Gasteiger partial charge on any atom is -0.342 e. The monoisotopic (exact) mass is 429 g/mol. The SMILES string of the molecule is C[C@@H]1CCN(C(=O)Cn2ccc(C(F)(F)F)n2)C[C@@H]1n1ccc2cnc3c(c21)C=CC3. The van der Waals surface area contributed by atoms with Gasteiger partial charge in [-0.25, -0.2) is 0 Å². The van der Waals surface area contributed by atoms with Gasteiger partial charge in [-0.2, -0.15) is 18.3 Å². The first-order valence-electron chi connectivity index (χ1n) is 10.3. The molecule has 3 aromatic rings. The van der Waals surface area contributed by atoms with E-state index < -0.39 is 11.9 Å². The maximum absolute atomic E-state index is 12.9. The molecule has 31 heavy (non-hydrogen) atoms. The zero-order chi connectivity index (χ0) is 21.8. The van der Waals surface area contributed by atoms with Crippen LogP contribution in [0.3, 0.4) is 0 Å². The molecule has 1 fully saturated rings. The number of piperidine rings is 1. The van der Waals surface area contributed by atoms with Crippen molar-refractivity contribution in [1.29, 1.82) is 0 Å². The van der Waals surface area contributed by atoms with Gasteiger partial charge < -0.3 is 9.47 Å². The second-order valence-electron chi connectivity index (χ2n) is 8.32. The van der Waals surface area contributed by atoms with E-state index in [0.29, 0.717) is 19.0 Å². The van der Waals surface area contributed by atoms with Crippen LogP contribution in [0.2, 0.25) is 0 Å². The Hall–Kier alpha value is -3.10. The van der Waals surface area contributed by atoms with E-state index in [4.69, 9.17) is 0 Å². The van der Waals surface area contributed by atoms with Crippen molar-refractivity contribution >= 4 is 22.9 Å². The van der Waals surface area contributed by atoms with E-state index in [-0.39, 0.29) is 18.5 Å². The lowest BCUT2D eigenvalue weighted by Crippen LogP contribution is -2.45. The maximum atomic E-state index is 12.9. The Bertz CT molecular complexity index is 1180. The Morgan fingerprint density at radius 1 is 1.26 bits per heavy atom. The molecule has 0 bridgehead atoms. The Labute approximate surface area is 177 Å². The number of halogens is 3. The highest BCUT2D eigenvalue weighted by Gasteiger charge is 2.34. The van der Waals surface area contributed by atoms with Gasteiger partial charge in [0.25, 0.3) is 0 Å². The van der Waals surface area contributed by atoms with E-state index in [1.807, 2.05) is 12.3 Å². The summed E-state index contributed by atoms with van der Waals surface area (Å²) in [5, 5.41) is 4.57. The molecule has 1 amide bonds. The number of nitrogens with zero attached hydrogens (tertiary/aromatic N) is 5. The summed E-state index contributed by atoms with van der Waals surface area (Å²) >= 11 is 0. The summed E-state index contributed by atoms with van der Waals surface area (Å²) in [4.78, 5) is 19.1. The summed E-state index contributed by atoms with van der Waals surface area (Å²) in [6.07, 6.45) is 6.49. The molecular weight excluding hydrogens is 407 g/mol. The fraction of sp³-hybridized carbons (Fsp3) is 0.409. The average Bonchev–Trinajstić information content (AvgIpc) is 3.46. The number of hydrogen-bond donors (Lipinski definition) is 0. The Morgan fingerprint density at radius 3 is 2.87 bits per heavy atom. The summed E-state index contributed by atoms with van der Waals surface area (Å²) in [6.45, 7) is 3.07. The third kappa shape index (κ3) is 3.51. The Balaban J connectivity index is 1.38. The van der Waals surface area contributed by atoms with Crippen molar-refractivity contribution in [3.63, 3.8) is 0 Å². The molecule has 1 aliphatic carbocycles. The molecule has 1 saturated heterocycles. The van der Waals surface area contributed by atoms with E-state index in [0.717, 1.165) is 45.8 Å². The molecule has 0 spiro atoms. The van der Waals surface area contributed by atoms with Crippen LogP contribution in [0, 0.1) is 5.92 Å². The number of aromatic nitrogens is 4. The molecule has 0 radical (unpaired) electrons. The van der Waals surface area contributed by atoms with Gasteiger partial charge in [0.2, 0.25) is 5.91 Å². The first-order chi connectivity index (χ1) is 14.8. The molecule has 5 rings (SSSR count).